The van der Waals surface area contributed by atoms with Gasteiger partial charge < -0.3 is 9.88 Å². The molecule has 1 atom stereocenters. The molecule has 1 aromatic heterocycles. The Bertz CT molecular complexity index is 287. The Morgan fingerprint density at radius 2 is 2.47 bits per heavy atom. The maximum atomic E-state index is 11.4. The summed E-state index contributed by atoms with van der Waals surface area (Å²) in [5.41, 5.74) is 0. The number of nitrogens with zero attached hydrogens (tertiary/aromatic N) is 2. The molecule has 1 amide bonds. The third-order valence-corrected chi connectivity index (χ3v) is 3.16. The number of aromatic nitrogens is 2. The molecule has 1 N–H and O–H groups in total. The fourth-order valence-electron chi connectivity index (χ4n) is 1.19. The van der Waals surface area contributed by atoms with Crippen molar-refractivity contribution in [3.63, 3.8) is 0 Å². The van der Waals surface area contributed by atoms with Gasteiger partial charge in [0.1, 0.15) is 0 Å². The van der Waals surface area contributed by atoms with E-state index in [1.807, 2.05) is 17.7 Å². The number of hydrogen-bond acceptors (Lipinski definition) is 2. The van der Waals surface area contributed by atoms with Crippen molar-refractivity contribution in [3.8, 4) is 0 Å². The summed E-state index contributed by atoms with van der Waals surface area (Å²) in [4.78, 5) is 15.2. The van der Waals surface area contributed by atoms with Crippen LogP contribution in [-0.2, 0) is 11.3 Å². The van der Waals surface area contributed by atoms with Crippen LogP contribution in [0.2, 0.25) is 0 Å². The van der Waals surface area contributed by atoms with Gasteiger partial charge in [-0.1, -0.05) is 22.9 Å². The summed E-state index contributed by atoms with van der Waals surface area (Å²) in [5.74, 6) is 0.0723. The van der Waals surface area contributed by atoms with Crippen molar-refractivity contribution in [2.24, 2.45) is 0 Å². The lowest BCUT2D eigenvalue weighted by Crippen LogP contribution is -2.31. The van der Waals surface area contributed by atoms with Crippen molar-refractivity contribution in [1.29, 1.82) is 0 Å². The van der Waals surface area contributed by atoms with E-state index in [0.717, 1.165) is 19.4 Å². The van der Waals surface area contributed by atoms with Gasteiger partial charge in [-0.05, 0) is 12.8 Å². The second-order valence-corrected chi connectivity index (χ2v) is 4.43. The van der Waals surface area contributed by atoms with E-state index >= 15 is 0 Å². The summed E-state index contributed by atoms with van der Waals surface area (Å²) in [5, 5.41) is 2.88. The third kappa shape index (κ3) is 4.46. The first kappa shape index (κ1) is 12.2. The number of aryl methyl sites for hydroxylation is 1. The van der Waals surface area contributed by atoms with Crippen LogP contribution in [0.15, 0.2) is 18.7 Å². The molecular formula is C10H16BrN3O. The zero-order chi connectivity index (χ0) is 11.1. The highest BCUT2D eigenvalue weighted by atomic mass is 79.9. The lowest BCUT2D eigenvalue weighted by molar-refractivity contribution is -0.120. The lowest BCUT2D eigenvalue weighted by Gasteiger charge is -2.08. The van der Waals surface area contributed by atoms with Crippen molar-refractivity contribution in [2.45, 2.75) is 31.1 Å². The summed E-state index contributed by atoms with van der Waals surface area (Å²) < 4.78 is 2.00. The van der Waals surface area contributed by atoms with Gasteiger partial charge in [0.05, 0.1) is 11.2 Å². The number of carbonyl (C=O) groups excluding carboxylic acids is 1. The van der Waals surface area contributed by atoms with Crippen LogP contribution in [0.4, 0.5) is 0 Å². The van der Waals surface area contributed by atoms with Gasteiger partial charge in [-0.25, -0.2) is 4.98 Å². The molecule has 0 bridgehead atoms. The fraction of sp³-hybridized carbons (Fsp3) is 0.600. The zero-order valence-electron chi connectivity index (χ0n) is 8.82. The van der Waals surface area contributed by atoms with Crippen molar-refractivity contribution >= 4 is 21.8 Å². The molecule has 0 aliphatic carbocycles. The van der Waals surface area contributed by atoms with E-state index < -0.39 is 0 Å². The predicted molar refractivity (Wildman–Crippen MR) is 62.9 cm³/mol. The Balaban J connectivity index is 2.09. The van der Waals surface area contributed by atoms with Gasteiger partial charge in [0.15, 0.2) is 0 Å². The van der Waals surface area contributed by atoms with Crippen LogP contribution < -0.4 is 5.32 Å². The van der Waals surface area contributed by atoms with Gasteiger partial charge in [-0.3, -0.25) is 4.79 Å². The minimum Gasteiger partial charge on any atom is -0.355 e. The molecule has 1 rings (SSSR count). The van der Waals surface area contributed by atoms with Gasteiger partial charge in [0.25, 0.3) is 0 Å². The number of nitrogens with one attached hydrogen (secondary N) is 1. The van der Waals surface area contributed by atoms with E-state index in [1.54, 1.807) is 12.5 Å². The number of rotatable bonds is 6. The largest absolute Gasteiger partial charge is 0.355 e. The molecule has 15 heavy (non-hydrogen) atoms. The van der Waals surface area contributed by atoms with Crippen molar-refractivity contribution in [2.75, 3.05) is 6.54 Å². The van der Waals surface area contributed by atoms with Crippen molar-refractivity contribution in [3.05, 3.63) is 18.7 Å². The van der Waals surface area contributed by atoms with E-state index in [0.29, 0.717) is 6.54 Å². The standard InChI is InChI=1S/C10H16BrN3O/c1-2-9(11)10(15)13-4-3-6-14-7-5-12-8-14/h5,7-9H,2-4,6H2,1H3,(H,13,15). The van der Waals surface area contributed by atoms with E-state index in [2.05, 4.69) is 26.2 Å². The van der Waals surface area contributed by atoms with Gasteiger partial charge in [0.2, 0.25) is 5.91 Å². The number of carbonyl (C=O) groups is 1. The summed E-state index contributed by atoms with van der Waals surface area (Å²) in [6, 6.07) is 0. The second kappa shape index (κ2) is 6.61. The quantitative estimate of drug-likeness (QED) is 0.632. The molecule has 0 aliphatic heterocycles. The van der Waals surface area contributed by atoms with Crippen LogP contribution >= 0.6 is 15.9 Å². The second-order valence-electron chi connectivity index (χ2n) is 3.32. The normalized spacial score (nSPS) is 12.4. The first-order valence-corrected chi connectivity index (χ1v) is 6.03. The van der Waals surface area contributed by atoms with Crippen LogP contribution in [0.25, 0.3) is 0 Å². The number of amides is 1. The van der Waals surface area contributed by atoms with Crippen LogP contribution in [0, 0.1) is 0 Å². The molecule has 5 heteroatoms. The Labute approximate surface area is 98.2 Å². The van der Waals surface area contributed by atoms with E-state index in [1.165, 1.54) is 0 Å². The van der Waals surface area contributed by atoms with Crippen LogP contribution in [0.1, 0.15) is 19.8 Å². The molecule has 0 fully saturated rings. The molecule has 1 aromatic rings. The van der Waals surface area contributed by atoms with Gasteiger partial charge in [-0.15, -0.1) is 0 Å². The average molecular weight is 274 g/mol. The zero-order valence-corrected chi connectivity index (χ0v) is 10.4. The summed E-state index contributed by atoms with van der Waals surface area (Å²) in [6.07, 6.45) is 7.19. The fourth-order valence-corrected chi connectivity index (χ4v) is 1.35. The average Bonchev–Trinajstić information content (AvgIpc) is 2.75. The monoisotopic (exact) mass is 273 g/mol. The third-order valence-electron chi connectivity index (χ3n) is 2.09. The lowest BCUT2D eigenvalue weighted by atomic mass is 10.3. The number of hydrogen-bond donors (Lipinski definition) is 1. The Morgan fingerprint density at radius 3 is 3.07 bits per heavy atom. The van der Waals surface area contributed by atoms with Crippen LogP contribution in [-0.4, -0.2) is 26.8 Å². The van der Waals surface area contributed by atoms with Crippen LogP contribution in [0.5, 0.6) is 0 Å². The Morgan fingerprint density at radius 1 is 1.67 bits per heavy atom. The van der Waals surface area contributed by atoms with E-state index in [-0.39, 0.29) is 10.7 Å². The Kier molecular flexibility index (Phi) is 5.39. The van der Waals surface area contributed by atoms with Gasteiger partial charge >= 0.3 is 0 Å². The molecule has 0 spiro atoms. The summed E-state index contributed by atoms with van der Waals surface area (Å²) >= 11 is 3.31. The molecule has 84 valence electrons. The summed E-state index contributed by atoms with van der Waals surface area (Å²) in [7, 11) is 0. The highest BCUT2D eigenvalue weighted by molar-refractivity contribution is 9.10. The maximum absolute atomic E-state index is 11.4. The maximum Gasteiger partial charge on any atom is 0.233 e. The number of alkyl halides is 1. The molecule has 1 heterocycles. The van der Waals surface area contributed by atoms with E-state index in [4.69, 9.17) is 0 Å². The molecule has 0 saturated heterocycles. The van der Waals surface area contributed by atoms with Crippen molar-refractivity contribution < 1.29 is 4.79 Å². The highest BCUT2D eigenvalue weighted by Gasteiger charge is 2.10. The smallest absolute Gasteiger partial charge is 0.233 e. The first-order valence-electron chi connectivity index (χ1n) is 5.11. The van der Waals surface area contributed by atoms with Crippen molar-refractivity contribution in [1.82, 2.24) is 14.9 Å². The van der Waals surface area contributed by atoms with Crippen LogP contribution in [0.3, 0.4) is 0 Å². The molecule has 0 radical (unpaired) electrons. The summed E-state index contributed by atoms with van der Waals surface area (Å²) in [6.45, 7) is 3.57. The number of halogens is 1. The first-order chi connectivity index (χ1) is 7.24. The highest BCUT2D eigenvalue weighted by Crippen LogP contribution is 2.03. The predicted octanol–water partition coefficient (Wildman–Crippen LogP) is 1.56. The number of imidazole rings is 1. The minimum absolute atomic E-state index is 0.0641. The topological polar surface area (TPSA) is 46.9 Å². The molecular weight excluding hydrogens is 258 g/mol. The molecule has 0 aliphatic rings. The molecule has 0 saturated carbocycles. The Hall–Kier alpha value is -0.840. The van der Waals surface area contributed by atoms with E-state index in [9.17, 15) is 4.79 Å². The van der Waals surface area contributed by atoms with Gasteiger partial charge in [-0.2, -0.15) is 0 Å². The molecule has 1 unspecified atom stereocenters. The minimum atomic E-state index is -0.0641. The van der Waals surface area contributed by atoms with Gasteiger partial charge in [0, 0.05) is 25.5 Å². The molecule has 0 aromatic carbocycles. The molecule has 4 nitrogen and oxygen atoms in total. The SMILES string of the molecule is CCC(Br)C(=O)NCCCn1ccnc1.